The summed E-state index contributed by atoms with van der Waals surface area (Å²) >= 11 is 0. The van der Waals surface area contributed by atoms with Gasteiger partial charge >= 0.3 is 0 Å². The van der Waals surface area contributed by atoms with Crippen molar-refractivity contribution in [3.05, 3.63) is 29.8 Å². The highest BCUT2D eigenvalue weighted by molar-refractivity contribution is 14.0. The number of hydrogen-bond donors (Lipinski definition) is 2. The molecule has 140 valence electrons. The molecule has 2 rings (SSSR count). The SMILES string of the molecule is CN=C(NCCc1ccc(OC)cc1)N1CCCC(CC(N)=O)C1.I. The van der Waals surface area contributed by atoms with Crippen molar-refractivity contribution in [2.75, 3.05) is 33.8 Å². The van der Waals surface area contributed by atoms with Crippen molar-refractivity contribution < 1.29 is 9.53 Å². The molecule has 3 N–H and O–H groups in total. The molecule has 0 aliphatic carbocycles. The van der Waals surface area contributed by atoms with Crippen molar-refractivity contribution >= 4 is 35.8 Å². The standard InChI is InChI=1S/C18H28N4O2.HI/c1-20-18(22-11-3-4-15(13-22)12-17(19)23)21-10-9-14-5-7-16(24-2)8-6-14;/h5-8,15H,3-4,9-13H2,1-2H3,(H2,19,23)(H,20,21);1H. The molecule has 0 saturated carbocycles. The lowest BCUT2D eigenvalue weighted by Gasteiger charge is -2.34. The van der Waals surface area contributed by atoms with Crippen molar-refractivity contribution in [2.24, 2.45) is 16.6 Å². The number of carbonyl (C=O) groups excluding carboxylic acids is 1. The third kappa shape index (κ3) is 7.09. The average Bonchev–Trinajstić information content (AvgIpc) is 2.59. The Kier molecular flexibility index (Phi) is 9.62. The fourth-order valence-electron chi connectivity index (χ4n) is 3.15. The van der Waals surface area contributed by atoms with Crippen molar-refractivity contribution in [1.29, 1.82) is 0 Å². The van der Waals surface area contributed by atoms with Gasteiger partial charge in [0, 0.05) is 33.1 Å². The molecule has 1 aromatic carbocycles. The minimum Gasteiger partial charge on any atom is -0.497 e. The molecule has 1 fully saturated rings. The zero-order valence-electron chi connectivity index (χ0n) is 15.0. The number of benzene rings is 1. The van der Waals surface area contributed by atoms with Gasteiger partial charge in [-0.25, -0.2) is 0 Å². The predicted molar refractivity (Wildman–Crippen MR) is 112 cm³/mol. The van der Waals surface area contributed by atoms with Crippen LogP contribution in [0.3, 0.4) is 0 Å². The number of halogens is 1. The van der Waals surface area contributed by atoms with Crippen LogP contribution in [0.2, 0.25) is 0 Å². The Hall–Kier alpha value is -1.51. The van der Waals surface area contributed by atoms with Gasteiger partial charge in [-0.15, -0.1) is 24.0 Å². The van der Waals surface area contributed by atoms with Crippen molar-refractivity contribution in [3.63, 3.8) is 0 Å². The van der Waals surface area contributed by atoms with Crippen LogP contribution in [0.4, 0.5) is 0 Å². The Morgan fingerprint density at radius 2 is 2.12 bits per heavy atom. The van der Waals surface area contributed by atoms with Crippen LogP contribution in [-0.4, -0.2) is 50.6 Å². The highest BCUT2D eigenvalue weighted by Gasteiger charge is 2.23. The second-order valence-electron chi connectivity index (χ2n) is 6.20. The molecule has 0 radical (unpaired) electrons. The maximum Gasteiger partial charge on any atom is 0.217 e. The van der Waals surface area contributed by atoms with E-state index >= 15 is 0 Å². The number of carbonyl (C=O) groups is 1. The van der Waals surface area contributed by atoms with E-state index in [1.165, 1.54) is 5.56 Å². The molecule has 1 saturated heterocycles. The van der Waals surface area contributed by atoms with Crippen LogP contribution in [-0.2, 0) is 11.2 Å². The molecular formula is C18H29IN4O2. The lowest BCUT2D eigenvalue weighted by atomic mass is 9.95. The first kappa shape index (κ1) is 21.5. The summed E-state index contributed by atoms with van der Waals surface area (Å²) in [6.07, 6.45) is 3.50. The van der Waals surface area contributed by atoms with Crippen molar-refractivity contribution in [1.82, 2.24) is 10.2 Å². The third-order valence-electron chi connectivity index (χ3n) is 4.38. The first-order valence-electron chi connectivity index (χ1n) is 8.49. The minimum atomic E-state index is -0.218. The molecule has 1 heterocycles. The number of aliphatic imine (C=N–C) groups is 1. The maximum absolute atomic E-state index is 11.1. The Morgan fingerprint density at radius 3 is 2.72 bits per heavy atom. The molecule has 7 heteroatoms. The van der Waals surface area contributed by atoms with Gasteiger partial charge < -0.3 is 20.7 Å². The average molecular weight is 460 g/mol. The number of ether oxygens (including phenoxy) is 1. The van der Waals surface area contributed by atoms with Crippen LogP contribution in [0.25, 0.3) is 0 Å². The van der Waals surface area contributed by atoms with E-state index in [-0.39, 0.29) is 29.9 Å². The van der Waals surface area contributed by atoms with E-state index in [2.05, 4.69) is 27.3 Å². The summed E-state index contributed by atoms with van der Waals surface area (Å²) in [6.45, 7) is 2.62. The van der Waals surface area contributed by atoms with Gasteiger partial charge in [-0.3, -0.25) is 9.79 Å². The third-order valence-corrected chi connectivity index (χ3v) is 4.38. The molecule has 1 unspecified atom stereocenters. The minimum absolute atomic E-state index is 0. The quantitative estimate of drug-likeness (QED) is 0.387. The number of amides is 1. The molecule has 25 heavy (non-hydrogen) atoms. The lowest BCUT2D eigenvalue weighted by Crippen LogP contribution is -2.47. The highest BCUT2D eigenvalue weighted by atomic mass is 127. The van der Waals surface area contributed by atoms with Gasteiger partial charge in [0.05, 0.1) is 7.11 Å². The van der Waals surface area contributed by atoms with Crippen LogP contribution in [0.1, 0.15) is 24.8 Å². The molecule has 1 aromatic rings. The number of piperidine rings is 1. The number of likely N-dealkylation sites (tertiary alicyclic amines) is 1. The largest absolute Gasteiger partial charge is 0.497 e. The first-order chi connectivity index (χ1) is 11.6. The number of primary amides is 1. The van der Waals surface area contributed by atoms with E-state index in [9.17, 15) is 4.79 Å². The van der Waals surface area contributed by atoms with Gasteiger partial charge in [-0.05, 0) is 42.9 Å². The van der Waals surface area contributed by atoms with E-state index in [4.69, 9.17) is 10.5 Å². The van der Waals surface area contributed by atoms with Crippen LogP contribution >= 0.6 is 24.0 Å². The summed E-state index contributed by atoms with van der Waals surface area (Å²) in [4.78, 5) is 17.7. The number of methoxy groups -OCH3 is 1. The molecule has 0 bridgehead atoms. The van der Waals surface area contributed by atoms with Crippen LogP contribution in [0, 0.1) is 5.92 Å². The summed E-state index contributed by atoms with van der Waals surface area (Å²) in [5.74, 6) is 1.88. The Balaban J connectivity index is 0.00000312. The van der Waals surface area contributed by atoms with Gasteiger partial charge in [0.15, 0.2) is 5.96 Å². The van der Waals surface area contributed by atoms with Gasteiger partial charge in [0.25, 0.3) is 0 Å². The zero-order chi connectivity index (χ0) is 17.4. The summed E-state index contributed by atoms with van der Waals surface area (Å²) in [5, 5.41) is 3.42. The molecule has 1 amide bonds. The topological polar surface area (TPSA) is 80.0 Å². The fourth-order valence-corrected chi connectivity index (χ4v) is 3.15. The summed E-state index contributed by atoms with van der Waals surface area (Å²) in [7, 11) is 3.47. The number of rotatable bonds is 6. The Morgan fingerprint density at radius 1 is 1.40 bits per heavy atom. The Bertz CT molecular complexity index is 563. The molecule has 1 atom stereocenters. The molecule has 0 spiro atoms. The normalized spacial score (nSPS) is 17.6. The second kappa shape index (κ2) is 11.2. The summed E-state index contributed by atoms with van der Waals surface area (Å²) < 4.78 is 5.17. The molecular weight excluding hydrogens is 431 g/mol. The number of guanidine groups is 1. The zero-order valence-corrected chi connectivity index (χ0v) is 17.4. The monoisotopic (exact) mass is 460 g/mol. The molecule has 1 aliphatic rings. The number of nitrogens with one attached hydrogen (secondary N) is 1. The summed E-state index contributed by atoms with van der Waals surface area (Å²) in [6, 6.07) is 8.10. The lowest BCUT2D eigenvalue weighted by molar-refractivity contribution is -0.119. The first-order valence-corrected chi connectivity index (χ1v) is 8.49. The highest BCUT2D eigenvalue weighted by Crippen LogP contribution is 2.19. The number of nitrogens with zero attached hydrogens (tertiary/aromatic N) is 2. The maximum atomic E-state index is 11.1. The summed E-state index contributed by atoms with van der Waals surface area (Å²) in [5.41, 5.74) is 6.58. The van der Waals surface area contributed by atoms with Gasteiger partial charge in [-0.2, -0.15) is 0 Å². The number of hydrogen-bond acceptors (Lipinski definition) is 3. The second-order valence-corrected chi connectivity index (χ2v) is 6.20. The molecule has 1 aliphatic heterocycles. The van der Waals surface area contributed by atoms with Crippen LogP contribution in [0.5, 0.6) is 5.75 Å². The predicted octanol–water partition coefficient (Wildman–Crippen LogP) is 2.02. The smallest absolute Gasteiger partial charge is 0.217 e. The van der Waals surface area contributed by atoms with Gasteiger partial charge in [0.2, 0.25) is 5.91 Å². The van der Waals surface area contributed by atoms with E-state index in [1.54, 1.807) is 14.2 Å². The Labute approximate surface area is 167 Å². The number of nitrogens with two attached hydrogens (primary N) is 1. The van der Waals surface area contributed by atoms with Crippen LogP contribution < -0.4 is 15.8 Å². The molecule has 0 aromatic heterocycles. The van der Waals surface area contributed by atoms with E-state index < -0.39 is 0 Å². The van der Waals surface area contributed by atoms with Crippen LogP contribution in [0.15, 0.2) is 29.3 Å². The van der Waals surface area contributed by atoms with Gasteiger partial charge in [-0.1, -0.05) is 12.1 Å². The molecule has 6 nitrogen and oxygen atoms in total. The van der Waals surface area contributed by atoms with E-state index in [0.29, 0.717) is 12.3 Å². The van der Waals surface area contributed by atoms with E-state index in [0.717, 1.165) is 50.6 Å². The van der Waals surface area contributed by atoms with Gasteiger partial charge in [0.1, 0.15) is 5.75 Å². The fraction of sp³-hybridized carbons (Fsp3) is 0.556. The van der Waals surface area contributed by atoms with Crippen molar-refractivity contribution in [3.8, 4) is 5.75 Å². The van der Waals surface area contributed by atoms with Crippen molar-refractivity contribution in [2.45, 2.75) is 25.7 Å². The van der Waals surface area contributed by atoms with E-state index in [1.807, 2.05) is 12.1 Å².